The van der Waals surface area contributed by atoms with Gasteiger partial charge in [-0.15, -0.1) is 0 Å². The number of carbonyl (C=O) groups is 1. The van der Waals surface area contributed by atoms with E-state index in [9.17, 15) is 4.79 Å². The summed E-state index contributed by atoms with van der Waals surface area (Å²) in [5.74, 6) is 0. The van der Waals surface area contributed by atoms with Crippen LogP contribution in [0.25, 0.3) is 5.69 Å². The van der Waals surface area contributed by atoms with Crippen molar-refractivity contribution in [2.45, 2.75) is 6.54 Å². The molecule has 3 rings (SSSR count). The van der Waals surface area contributed by atoms with Crippen molar-refractivity contribution in [2.24, 2.45) is 0 Å². The minimum Gasteiger partial charge on any atom is -0.298 e. The summed E-state index contributed by atoms with van der Waals surface area (Å²) in [5.41, 5.74) is 2.73. The summed E-state index contributed by atoms with van der Waals surface area (Å²) in [6.07, 6.45) is 7.74. The van der Waals surface area contributed by atoms with Gasteiger partial charge in [0.25, 0.3) is 0 Å². The fraction of sp³-hybridized carbons (Fsp3) is 0.0714. The van der Waals surface area contributed by atoms with Crippen LogP contribution in [0.2, 0.25) is 0 Å². The highest BCUT2D eigenvalue weighted by molar-refractivity contribution is 5.73. The van der Waals surface area contributed by atoms with Gasteiger partial charge in [-0.1, -0.05) is 12.1 Å². The first-order valence-corrected chi connectivity index (χ1v) is 5.92. The van der Waals surface area contributed by atoms with Crippen LogP contribution in [0.3, 0.4) is 0 Å². The van der Waals surface area contributed by atoms with E-state index in [2.05, 4.69) is 10.2 Å². The van der Waals surface area contributed by atoms with Crippen LogP contribution < -0.4 is 0 Å². The van der Waals surface area contributed by atoms with E-state index in [1.807, 2.05) is 41.2 Å². The Morgan fingerprint density at radius 1 is 1.16 bits per heavy atom. The molecule has 0 bridgehead atoms. The molecule has 3 aromatic rings. The van der Waals surface area contributed by atoms with Crippen molar-refractivity contribution in [1.82, 2.24) is 19.6 Å². The van der Waals surface area contributed by atoms with Gasteiger partial charge in [0.2, 0.25) is 0 Å². The van der Waals surface area contributed by atoms with Gasteiger partial charge in [-0.05, 0) is 23.8 Å². The van der Waals surface area contributed by atoms with Gasteiger partial charge in [0.05, 0.1) is 24.0 Å². The fourth-order valence-electron chi connectivity index (χ4n) is 1.89. The molecule has 1 aromatic carbocycles. The first kappa shape index (κ1) is 11.4. The van der Waals surface area contributed by atoms with Crippen molar-refractivity contribution in [1.29, 1.82) is 0 Å². The van der Waals surface area contributed by atoms with Gasteiger partial charge in [-0.25, -0.2) is 4.68 Å². The van der Waals surface area contributed by atoms with Crippen LogP contribution in [0.1, 0.15) is 15.9 Å². The molecule has 0 fully saturated rings. The van der Waals surface area contributed by atoms with E-state index in [1.54, 1.807) is 23.3 Å². The van der Waals surface area contributed by atoms with Crippen LogP contribution in [0, 0.1) is 0 Å². The maximum atomic E-state index is 10.6. The first-order chi connectivity index (χ1) is 9.35. The monoisotopic (exact) mass is 252 g/mol. The van der Waals surface area contributed by atoms with Crippen LogP contribution in [0.5, 0.6) is 0 Å². The number of hydrogen-bond donors (Lipinski definition) is 0. The summed E-state index contributed by atoms with van der Waals surface area (Å²) in [4.78, 5) is 10.6. The molecule has 0 N–H and O–H groups in total. The average Bonchev–Trinajstić information content (AvgIpc) is 3.10. The van der Waals surface area contributed by atoms with Crippen LogP contribution in [0.4, 0.5) is 0 Å². The lowest BCUT2D eigenvalue weighted by Gasteiger charge is -2.04. The molecule has 0 radical (unpaired) electrons. The average molecular weight is 252 g/mol. The molecular formula is C14H12N4O. The Labute approximate surface area is 110 Å². The third-order valence-corrected chi connectivity index (χ3v) is 2.84. The lowest BCUT2D eigenvalue weighted by Crippen LogP contribution is -2.00. The van der Waals surface area contributed by atoms with Gasteiger partial charge in [0.15, 0.2) is 6.29 Å². The van der Waals surface area contributed by atoms with Crippen molar-refractivity contribution < 1.29 is 4.79 Å². The summed E-state index contributed by atoms with van der Waals surface area (Å²) in [6, 6.07) is 9.95. The van der Waals surface area contributed by atoms with E-state index in [0.717, 1.165) is 17.5 Å². The van der Waals surface area contributed by atoms with Gasteiger partial charge in [-0.3, -0.25) is 9.48 Å². The molecule has 0 spiro atoms. The number of rotatable bonds is 4. The third kappa shape index (κ3) is 2.44. The quantitative estimate of drug-likeness (QED) is 0.667. The molecule has 0 aliphatic heterocycles. The Morgan fingerprint density at radius 3 is 2.63 bits per heavy atom. The number of nitrogens with zero attached hydrogens (tertiary/aromatic N) is 4. The molecule has 0 amide bonds. The molecule has 0 atom stereocenters. The summed E-state index contributed by atoms with van der Waals surface area (Å²) in [7, 11) is 0. The molecule has 0 aliphatic rings. The normalized spacial score (nSPS) is 10.5. The Hall–Kier alpha value is -2.69. The highest BCUT2D eigenvalue weighted by atomic mass is 16.1. The Balaban J connectivity index is 1.77. The zero-order valence-corrected chi connectivity index (χ0v) is 10.2. The lowest BCUT2D eigenvalue weighted by atomic mass is 10.2. The highest BCUT2D eigenvalue weighted by Gasteiger charge is 2.00. The van der Waals surface area contributed by atoms with E-state index in [0.29, 0.717) is 12.1 Å². The second-order valence-corrected chi connectivity index (χ2v) is 4.21. The summed E-state index contributed by atoms with van der Waals surface area (Å²) >= 11 is 0. The number of benzene rings is 1. The number of aromatic nitrogens is 4. The Kier molecular flexibility index (Phi) is 2.94. The van der Waals surface area contributed by atoms with Crippen molar-refractivity contribution in [3.05, 3.63) is 66.2 Å². The van der Waals surface area contributed by atoms with Crippen LogP contribution in [0.15, 0.2) is 55.1 Å². The molecule has 5 heteroatoms. The predicted molar refractivity (Wildman–Crippen MR) is 70.3 cm³/mol. The molecule has 0 saturated heterocycles. The molecule has 2 heterocycles. The van der Waals surface area contributed by atoms with E-state index in [1.165, 1.54) is 0 Å². The Bertz CT molecular complexity index is 668. The Morgan fingerprint density at radius 2 is 2.00 bits per heavy atom. The third-order valence-electron chi connectivity index (χ3n) is 2.84. The number of hydrogen-bond acceptors (Lipinski definition) is 3. The number of aldehydes is 1. The first-order valence-electron chi connectivity index (χ1n) is 5.92. The predicted octanol–water partition coefficient (Wildman–Crippen LogP) is 1.93. The van der Waals surface area contributed by atoms with Crippen LogP contribution in [-0.2, 0) is 6.54 Å². The zero-order valence-electron chi connectivity index (χ0n) is 10.2. The van der Waals surface area contributed by atoms with Crippen LogP contribution in [-0.4, -0.2) is 25.8 Å². The SMILES string of the molecule is O=Cc1cnn(Cc2ccc(-n3cccn3)cc2)c1. The molecule has 19 heavy (non-hydrogen) atoms. The maximum Gasteiger partial charge on any atom is 0.153 e. The second kappa shape index (κ2) is 4.89. The van der Waals surface area contributed by atoms with E-state index in [-0.39, 0.29) is 0 Å². The topological polar surface area (TPSA) is 52.7 Å². The van der Waals surface area contributed by atoms with Crippen molar-refractivity contribution in [2.75, 3.05) is 0 Å². The fourth-order valence-corrected chi connectivity index (χ4v) is 1.89. The highest BCUT2D eigenvalue weighted by Crippen LogP contribution is 2.09. The summed E-state index contributed by atoms with van der Waals surface area (Å²) in [5, 5.41) is 8.30. The van der Waals surface area contributed by atoms with Crippen molar-refractivity contribution in [3.8, 4) is 5.69 Å². The van der Waals surface area contributed by atoms with Gasteiger partial charge in [0.1, 0.15) is 0 Å². The largest absolute Gasteiger partial charge is 0.298 e. The standard InChI is InChI=1S/C14H12N4O/c19-11-13-8-16-17(10-13)9-12-2-4-14(5-3-12)18-7-1-6-15-18/h1-8,10-11H,9H2. The molecule has 94 valence electrons. The smallest absolute Gasteiger partial charge is 0.153 e. The molecule has 0 unspecified atom stereocenters. The minimum atomic E-state index is 0.591. The molecular weight excluding hydrogens is 240 g/mol. The molecule has 5 nitrogen and oxygen atoms in total. The summed E-state index contributed by atoms with van der Waals surface area (Å²) < 4.78 is 3.55. The van der Waals surface area contributed by atoms with Gasteiger partial charge >= 0.3 is 0 Å². The molecule has 0 aliphatic carbocycles. The van der Waals surface area contributed by atoms with Crippen molar-refractivity contribution in [3.63, 3.8) is 0 Å². The van der Waals surface area contributed by atoms with E-state index < -0.39 is 0 Å². The molecule has 0 saturated carbocycles. The molecule has 2 aromatic heterocycles. The van der Waals surface area contributed by atoms with E-state index >= 15 is 0 Å². The van der Waals surface area contributed by atoms with E-state index in [4.69, 9.17) is 0 Å². The van der Waals surface area contributed by atoms with Crippen molar-refractivity contribution >= 4 is 6.29 Å². The van der Waals surface area contributed by atoms with Gasteiger partial charge < -0.3 is 0 Å². The maximum absolute atomic E-state index is 10.6. The lowest BCUT2D eigenvalue weighted by molar-refractivity contribution is 0.112. The number of carbonyl (C=O) groups excluding carboxylic acids is 1. The zero-order chi connectivity index (χ0) is 13.1. The van der Waals surface area contributed by atoms with Crippen LogP contribution >= 0.6 is 0 Å². The minimum absolute atomic E-state index is 0.591. The van der Waals surface area contributed by atoms with Gasteiger partial charge in [0, 0.05) is 18.6 Å². The summed E-state index contributed by atoms with van der Waals surface area (Å²) in [6.45, 7) is 0.646. The van der Waals surface area contributed by atoms with Gasteiger partial charge in [-0.2, -0.15) is 10.2 Å². The second-order valence-electron chi connectivity index (χ2n) is 4.21.